The van der Waals surface area contributed by atoms with Crippen molar-refractivity contribution in [1.82, 2.24) is 14.8 Å². The number of likely N-dealkylation sites (tertiary alicyclic amines) is 1. The van der Waals surface area contributed by atoms with E-state index in [2.05, 4.69) is 10.2 Å². The Morgan fingerprint density at radius 1 is 1.28 bits per heavy atom. The number of hydrogen-bond donors (Lipinski definition) is 1. The molecule has 7 nitrogen and oxygen atoms in total. The molecule has 2 aliphatic heterocycles. The number of carbonyl (C=O) groups excluding carboxylic acids is 1. The molecule has 2 aromatic rings. The number of oxazole rings is 1. The second-order valence-corrected chi connectivity index (χ2v) is 6.95. The molecule has 2 atom stereocenters. The number of rotatable bonds is 4. The quantitative estimate of drug-likeness (QED) is 0.890. The molecule has 0 bridgehead atoms. The Morgan fingerprint density at radius 3 is 2.88 bits per heavy atom. The number of nitrogens with one attached hydrogen (secondary N) is 1. The van der Waals surface area contributed by atoms with Crippen molar-refractivity contribution in [1.29, 1.82) is 0 Å². The lowest BCUT2D eigenvalue weighted by atomic mass is 10.1. The van der Waals surface area contributed by atoms with Crippen LogP contribution >= 0.6 is 0 Å². The van der Waals surface area contributed by atoms with Gasteiger partial charge in [-0.2, -0.15) is 0 Å². The zero-order valence-electron chi connectivity index (χ0n) is 14.4. The minimum Gasteiger partial charge on any atom is -0.408 e. The van der Waals surface area contributed by atoms with Gasteiger partial charge >= 0.3 is 5.76 Å². The molecule has 4 rings (SSSR count). The molecule has 0 unspecified atom stereocenters. The third-order valence-corrected chi connectivity index (χ3v) is 5.13. The Morgan fingerprint density at radius 2 is 2.08 bits per heavy atom. The van der Waals surface area contributed by atoms with Gasteiger partial charge in [-0.3, -0.25) is 14.3 Å². The second-order valence-electron chi connectivity index (χ2n) is 6.95. The number of benzene rings is 1. The van der Waals surface area contributed by atoms with E-state index in [9.17, 15) is 9.59 Å². The first kappa shape index (κ1) is 16.4. The summed E-state index contributed by atoms with van der Waals surface area (Å²) in [6.45, 7) is 5.19. The van der Waals surface area contributed by atoms with Crippen molar-refractivity contribution >= 4 is 17.0 Å². The third kappa shape index (κ3) is 3.21. The zero-order valence-corrected chi connectivity index (χ0v) is 14.4. The van der Waals surface area contributed by atoms with Crippen LogP contribution < -0.4 is 11.1 Å². The summed E-state index contributed by atoms with van der Waals surface area (Å²) in [5, 5.41) is 3.04. The van der Waals surface area contributed by atoms with Gasteiger partial charge in [0.15, 0.2) is 5.58 Å². The summed E-state index contributed by atoms with van der Waals surface area (Å²) in [4.78, 5) is 27.0. The van der Waals surface area contributed by atoms with Crippen LogP contribution in [0.5, 0.6) is 0 Å². The fraction of sp³-hybridized carbons (Fsp3) is 0.556. The van der Waals surface area contributed by atoms with Gasteiger partial charge in [-0.1, -0.05) is 6.07 Å². The maximum atomic E-state index is 12.5. The molecule has 0 aliphatic carbocycles. The highest BCUT2D eigenvalue weighted by atomic mass is 16.5. The van der Waals surface area contributed by atoms with Gasteiger partial charge in [-0.15, -0.1) is 0 Å². The van der Waals surface area contributed by atoms with Crippen molar-refractivity contribution in [3.63, 3.8) is 0 Å². The van der Waals surface area contributed by atoms with Crippen LogP contribution in [0.3, 0.4) is 0 Å². The van der Waals surface area contributed by atoms with Crippen molar-refractivity contribution in [3.8, 4) is 0 Å². The van der Waals surface area contributed by atoms with Crippen molar-refractivity contribution in [2.75, 3.05) is 26.3 Å². The molecule has 2 saturated heterocycles. The fourth-order valence-electron chi connectivity index (χ4n) is 3.83. The Kier molecular flexibility index (Phi) is 4.35. The molecular formula is C18H23N3O4. The Hall–Kier alpha value is -2.12. The SMILES string of the molecule is Cc1ccc2oc(=O)n(CC(=O)N[C@H]3COC[C@@H]3N3CCCC3)c2c1. The first-order valence-corrected chi connectivity index (χ1v) is 8.83. The molecule has 2 fully saturated rings. The van der Waals surface area contributed by atoms with E-state index in [0.29, 0.717) is 24.3 Å². The molecule has 1 aromatic heterocycles. The summed E-state index contributed by atoms with van der Waals surface area (Å²) in [6, 6.07) is 5.70. The van der Waals surface area contributed by atoms with Gasteiger partial charge in [-0.05, 0) is 50.6 Å². The number of fused-ring (bicyclic) bond motifs is 1. The molecular weight excluding hydrogens is 322 g/mol. The molecule has 3 heterocycles. The van der Waals surface area contributed by atoms with E-state index >= 15 is 0 Å². The minimum absolute atomic E-state index is 0.0267. The summed E-state index contributed by atoms with van der Waals surface area (Å²) in [5.74, 6) is -0.694. The van der Waals surface area contributed by atoms with Gasteiger partial charge in [0.25, 0.3) is 0 Å². The van der Waals surface area contributed by atoms with Gasteiger partial charge in [-0.25, -0.2) is 4.79 Å². The molecule has 1 N–H and O–H groups in total. The van der Waals surface area contributed by atoms with Crippen LogP contribution in [0.25, 0.3) is 11.1 Å². The summed E-state index contributed by atoms with van der Waals surface area (Å²) >= 11 is 0. The van der Waals surface area contributed by atoms with Crippen molar-refractivity contribution < 1.29 is 13.9 Å². The standard InChI is InChI=1S/C18H23N3O4/c1-12-4-5-16-14(8-12)21(18(23)25-16)9-17(22)19-13-10-24-11-15(13)20-6-2-3-7-20/h4-5,8,13,15H,2-3,6-7,9-11H2,1H3,(H,19,22)/t13-,15-/m0/s1. The monoisotopic (exact) mass is 345 g/mol. The molecule has 1 aromatic carbocycles. The Bertz CT molecular complexity index is 834. The predicted molar refractivity (Wildman–Crippen MR) is 92.6 cm³/mol. The largest absolute Gasteiger partial charge is 0.420 e. The molecule has 0 spiro atoms. The van der Waals surface area contributed by atoms with Gasteiger partial charge < -0.3 is 14.5 Å². The predicted octanol–water partition coefficient (Wildman–Crippen LogP) is 0.882. The van der Waals surface area contributed by atoms with Crippen LogP contribution in [0.15, 0.2) is 27.4 Å². The normalized spacial score (nSPS) is 24.2. The summed E-state index contributed by atoms with van der Waals surface area (Å²) in [5.41, 5.74) is 2.17. The Labute approximate surface area is 145 Å². The highest BCUT2D eigenvalue weighted by Crippen LogP contribution is 2.19. The van der Waals surface area contributed by atoms with Crippen LogP contribution in [-0.4, -0.2) is 53.8 Å². The zero-order chi connectivity index (χ0) is 17.4. The third-order valence-electron chi connectivity index (χ3n) is 5.13. The molecule has 1 amide bonds. The lowest BCUT2D eigenvalue weighted by Crippen LogP contribution is -2.51. The van der Waals surface area contributed by atoms with Crippen molar-refractivity contribution in [2.24, 2.45) is 0 Å². The van der Waals surface area contributed by atoms with E-state index < -0.39 is 5.76 Å². The van der Waals surface area contributed by atoms with E-state index in [4.69, 9.17) is 9.15 Å². The average Bonchev–Trinajstić information content (AvgIpc) is 3.29. The fourth-order valence-corrected chi connectivity index (χ4v) is 3.83. The van der Waals surface area contributed by atoms with E-state index in [0.717, 1.165) is 18.7 Å². The number of hydrogen-bond acceptors (Lipinski definition) is 5. The van der Waals surface area contributed by atoms with E-state index in [1.165, 1.54) is 17.4 Å². The number of ether oxygens (including phenoxy) is 1. The maximum Gasteiger partial charge on any atom is 0.420 e. The maximum absolute atomic E-state index is 12.5. The van der Waals surface area contributed by atoms with Crippen LogP contribution in [-0.2, 0) is 16.1 Å². The van der Waals surface area contributed by atoms with Gasteiger partial charge in [0.05, 0.1) is 30.8 Å². The van der Waals surface area contributed by atoms with Crippen LogP contribution in [0, 0.1) is 6.92 Å². The average molecular weight is 345 g/mol. The van der Waals surface area contributed by atoms with Gasteiger partial charge in [0.1, 0.15) is 6.54 Å². The number of aryl methyl sites for hydroxylation is 1. The first-order chi connectivity index (χ1) is 12.1. The highest BCUT2D eigenvalue weighted by Gasteiger charge is 2.35. The van der Waals surface area contributed by atoms with Crippen molar-refractivity contribution in [3.05, 3.63) is 34.3 Å². The topological polar surface area (TPSA) is 76.7 Å². The molecule has 2 aliphatic rings. The van der Waals surface area contributed by atoms with Crippen LogP contribution in [0.2, 0.25) is 0 Å². The molecule has 134 valence electrons. The molecule has 25 heavy (non-hydrogen) atoms. The number of nitrogens with zero attached hydrogens (tertiary/aromatic N) is 2. The molecule has 0 saturated carbocycles. The number of amides is 1. The first-order valence-electron chi connectivity index (χ1n) is 8.83. The van der Waals surface area contributed by atoms with E-state index in [1.807, 2.05) is 19.1 Å². The second kappa shape index (κ2) is 6.65. The lowest BCUT2D eigenvalue weighted by molar-refractivity contribution is -0.122. The van der Waals surface area contributed by atoms with Gasteiger partial charge in [0.2, 0.25) is 5.91 Å². The summed E-state index contributed by atoms with van der Waals surface area (Å²) < 4.78 is 12.2. The minimum atomic E-state index is -0.505. The summed E-state index contributed by atoms with van der Waals surface area (Å²) in [7, 11) is 0. The van der Waals surface area contributed by atoms with Crippen molar-refractivity contribution in [2.45, 2.75) is 38.4 Å². The Balaban J connectivity index is 1.48. The van der Waals surface area contributed by atoms with E-state index in [-0.39, 0.29) is 24.5 Å². The molecule has 0 radical (unpaired) electrons. The lowest BCUT2D eigenvalue weighted by Gasteiger charge is -2.27. The van der Waals surface area contributed by atoms with E-state index in [1.54, 1.807) is 6.07 Å². The smallest absolute Gasteiger partial charge is 0.408 e. The van der Waals surface area contributed by atoms with Gasteiger partial charge in [0, 0.05) is 0 Å². The molecule has 7 heteroatoms. The van der Waals surface area contributed by atoms with Crippen LogP contribution in [0.4, 0.5) is 0 Å². The number of aromatic nitrogens is 1. The summed E-state index contributed by atoms with van der Waals surface area (Å²) in [6.07, 6.45) is 2.40. The number of carbonyl (C=O) groups is 1. The van der Waals surface area contributed by atoms with Crippen LogP contribution in [0.1, 0.15) is 18.4 Å². The highest BCUT2D eigenvalue weighted by molar-refractivity contribution is 5.80.